The first-order valence-corrected chi connectivity index (χ1v) is 7.63. The fraction of sp³-hybridized carbons (Fsp3) is 0.267. The molecule has 0 aliphatic rings. The molecular formula is C15H17ClN2OS. The number of hydrogen-bond acceptors (Lipinski definition) is 2. The third-order valence-corrected chi connectivity index (χ3v) is 4.43. The molecule has 106 valence electrons. The number of urea groups is 1. The van der Waals surface area contributed by atoms with Gasteiger partial charge in [-0.05, 0) is 31.5 Å². The van der Waals surface area contributed by atoms with Crippen molar-refractivity contribution in [2.24, 2.45) is 0 Å². The van der Waals surface area contributed by atoms with Crippen molar-refractivity contribution >= 4 is 29.0 Å². The number of nitrogens with one attached hydrogen (secondary N) is 2. The summed E-state index contributed by atoms with van der Waals surface area (Å²) in [7, 11) is 0. The van der Waals surface area contributed by atoms with Crippen molar-refractivity contribution in [3.05, 3.63) is 57.2 Å². The lowest BCUT2D eigenvalue weighted by Gasteiger charge is -2.17. The summed E-state index contributed by atoms with van der Waals surface area (Å²) >= 11 is 7.37. The van der Waals surface area contributed by atoms with E-state index in [4.69, 9.17) is 11.6 Å². The lowest BCUT2D eigenvalue weighted by molar-refractivity contribution is 0.235. The minimum atomic E-state index is -0.182. The minimum absolute atomic E-state index is 0.0321. The average Bonchev–Trinajstić information content (AvgIpc) is 2.86. The molecule has 0 bridgehead atoms. The molecule has 20 heavy (non-hydrogen) atoms. The minimum Gasteiger partial charge on any atom is -0.332 e. The zero-order chi connectivity index (χ0) is 14.5. The SMILES string of the molecule is CC(NC(=O)NC(C)c1ccc(Cl)s1)c1ccccc1. The Hall–Kier alpha value is -1.52. The van der Waals surface area contributed by atoms with Gasteiger partial charge in [-0.2, -0.15) is 0 Å². The lowest BCUT2D eigenvalue weighted by atomic mass is 10.1. The van der Waals surface area contributed by atoms with E-state index in [1.165, 1.54) is 11.3 Å². The van der Waals surface area contributed by atoms with Crippen LogP contribution in [0.25, 0.3) is 0 Å². The Bertz CT molecular complexity index is 570. The van der Waals surface area contributed by atoms with E-state index in [-0.39, 0.29) is 18.1 Å². The number of thiophene rings is 1. The molecule has 0 saturated heterocycles. The zero-order valence-electron chi connectivity index (χ0n) is 11.4. The van der Waals surface area contributed by atoms with Crippen LogP contribution >= 0.6 is 22.9 Å². The molecule has 1 aromatic heterocycles. The molecule has 2 atom stereocenters. The van der Waals surface area contributed by atoms with E-state index in [0.29, 0.717) is 0 Å². The summed E-state index contributed by atoms with van der Waals surface area (Å²) in [6.07, 6.45) is 0. The molecule has 1 aromatic carbocycles. The summed E-state index contributed by atoms with van der Waals surface area (Å²) in [5.74, 6) is 0. The van der Waals surface area contributed by atoms with Crippen LogP contribution in [-0.4, -0.2) is 6.03 Å². The quantitative estimate of drug-likeness (QED) is 0.856. The molecule has 2 unspecified atom stereocenters. The Morgan fingerprint density at radius 2 is 1.70 bits per heavy atom. The molecule has 5 heteroatoms. The first-order valence-electron chi connectivity index (χ1n) is 6.43. The summed E-state index contributed by atoms with van der Waals surface area (Å²) in [5, 5.41) is 5.84. The molecule has 2 rings (SSSR count). The van der Waals surface area contributed by atoms with E-state index in [1.807, 2.05) is 56.3 Å². The van der Waals surface area contributed by atoms with E-state index in [2.05, 4.69) is 10.6 Å². The summed E-state index contributed by atoms with van der Waals surface area (Å²) in [4.78, 5) is 13.0. The van der Waals surface area contributed by atoms with Crippen molar-refractivity contribution in [2.75, 3.05) is 0 Å². The Labute approximate surface area is 128 Å². The average molecular weight is 309 g/mol. The van der Waals surface area contributed by atoms with Crippen LogP contribution in [0.2, 0.25) is 4.34 Å². The molecule has 0 aliphatic heterocycles. The number of benzene rings is 1. The maximum absolute atomic E-state index is 12.0. The van der Waals surface area contributed by atoms with Gasteiger partial charge in [-0.1, -0.05) is 41.9 Å². The Kier molecular flexibility index (Phi) is 5.04. The van der Waals surface area contributed by atoms with E-state index in [1.54, 1.807) is 0 Å². The van der Waals surface area contributed by atoms with Crippen molar-refractivity contribution in [3.63, 3.8) is 0 Å². The molecule has 0 radical (unpaired) electrons. The predicted molar refractivity (Wildman–Crippen MR) is 84.3 cm³/mol. The normalized spacial score (nSPS) is 13.6. The van der Waals surface area contributed by atoms with Crippen molar-refractivity contribution in [3.8, 4) is 0 Å². The molecule has 0 aliphatic carbocycles. The van der Waals surface area contributed by atoms with Gasteiger partial charge < -0.3 is 10.6 Å². The van der Waals surface area contributed by atoms with Gasteiger partial charge >= 0.3 is 6.03 Å². The van der Waals surface area contributed by atoms with Gasteiger partial charge in [0.05, 0.1) is 16.4 Å². The summed E-state index contributed by atoms with van der Waals surface area (Å²) in [6, 6.07) is 13.4. The fourth-order valence-electron chi connectivity index (χ4n) is 1.89. The third kappa shape index (κ3) is 3.99. The van der Waals surface area contributed by atoms with Crippen LogP contribution < -0.4 is 10.6 Å². The summed E-state index contributed by atoms with van der Waals surface area (Å²) in [6.45, 7) is 3.90. The topological polar surface area (TPSA) is 41.1 Å². The van der Waals surface area contributed by atoms with Crippen LogP contribution in [0.4, 0.5) is 4.79 Å². The number of rotatable bonds is 4. The molecule has 0 fully saturated rings. The van der Waals surface area contributed by atoms with Gasteiger partial charge in [-0.15, -0.1) is 11.3 Å². The molecule has 2 aromatic rings. The second-order valence-electron chi connectivity index (χ2n) is 4.61. The van der Waals surface area contributed by atoms with E-state index >= 15 is 0 Å². The Morgan fingerprint density at radius 3 is 2.30 bits per heavy atom. The van der Waals surface area contributed by atoms with Gasteiger partial charge in [0.2, 0.25) is 0 Å². The number of amides is 2. The molecule has 0 saturated carbocycles. The van der Waals surface area contributed by atoms with Crippen LogP contribution in [0.1, 0.15) is 36.4 Å². The monoisotopic (exact) mass is 308 g/mol. The molecule has 3 nitrogen and oxygen atoms in total. The number of carbonyl (C=O) groups excluding carboxylic acids is 1. The van der Waals surface area contributed by atoms with Crippen LogP contribution in [0.15, 0.2) is 42.5 Å². The van der Waals surface area contributed by atoms with Crippen LogP contribution in [0.3, 0.4) is 0 Å². The number of hydrogen-bond donors (Lipinski definition) is 2. The summed E-state index contributed by atoms with van der Waals surface area (Å²) < 4.78 is 0.728. The van der Waals surface area contributed by atoms with Gasteiger partial charge in [-0.25, -0.2) is 4.79 Å². The first-order chi connectivity index (χ1) is 9.56. The number of carbonyl (C=O) groups is 1. The molecule has 2 N–H and O–H groups in total. The summed E-state index contributed by atoms with van der Waals surface area (Å²) in [5.41, 5.74) is 1.08. The Morgan fingerprint density at radius 1 is 1.05 bits per heavy atom. The predicted octanol–water partition coefficient (Wildman–Crippen LogP) is 4.52. The molecule has 1 heterocycles. The second kappa shape index (κ2) is 6.77. The van der Waals surface area contributed by atoms with Gasteiger partial charge in [0, 0.05) is 4.88 Å². The van der Waals surface area contributed by atoms with Crippen molar-refractivity contribution in [1.82, 2.24) is 10.6 Å². The largest absolute Gasteiger partial charge is 0.332 e. The fourth-order valence-corrected chi connectivity index (χ4v) is 2.96. The Balaban J connectivity index is 1.89. The highest BCUT2D eigenvalue weighted by atomic mass is 35.5. The van der Waals surface area contributed by atoms with Crippen molar-refractivity contribution in [1.29, 1.82) is 0 Å². The van der Waals surface area contributed by atoms with E-state index in [0.717, 1.165) is 14.8 Å². The molecular weight excluding hydrogens is 292 g/mol. The third-order valence-electron chi connectivity index (χ3n) is 3.02. The van der Waals surface area contributed by atoms with E-state index < -0.39 is 0 Å². The molecule has 2 amide bonds. The zero-order valence-corrected chi connectivity index (χ0v) is 13.0. The standard InChI is InChI=1S/C15H17ClN2OS/c1-10(12-6-4-3-5-7-12)17-15(19)18-11(2)13-8-9-14(16)20-13/h3-11H,1-2H3,(H2,17,18,19). The lowest BCUT2D eigenvalue weighted by Crippen LogP contribution is -2.38. The number of halogens is 1. The highest BCUT2D eigenvalue weighted by Gasteiger charge is 2.13. The highest BCUT2D eigenvalue weighted by Crippen LogP contribution is 2.26. The second-order valence-corrected chi connectivity index (χ2v) is 6.36. The maximum atomic E-state index is 12.0. The van der Waals surface area contributed by atoms with Crippen LogP contribution in [-0.2, 0) is 0 Å². The van der Waals surface area contributed by atoms with Gasteiger partial charge in [0.1, 0.15) is 0 Å². The van der Waals surface area contributed by atoms with Gasteiger partial charge in [-0.3, -0.25) is 0 Å². The van der Waals surface area contributed by atoms with E-state index in [9.17, 15) is 4.79 Å². The van der Waals surface area contributed by atoms with Gasteiger partial charge in [0.15, 0.2) is 0 Å². The first kappa shape index (κ1) is 14.9. The maximum Gasteiger partial charge on any atom is 0.315 e. The van der Waals surface area contributed by atoms with Crippen LogP contribution in [0.5, 0.6) is 0 Å². The van der Waals surface area contributed by atoms with Crippen molar-refractivity contribution < 1.29 is 4.79 Å². The highest BCUT2D eigenvalue weighted by molar-refractivity contribution is 7.16. The molecule has 0 spiro atoms. The smallest absolute Gasteiger partial charge is 0.315 e. The van der Waals surface area contributed by atoms with Gasteiger partial charge in [0.25, 0.3) is 0 Å². The van der Waals surface area contributed by atoms with Crippen LogP contribution in [0, 0.1) is 0 Å². The van der Waals surface area contributed by atoms with Crippen molar-refractivity contribution in [2.45, 2.75) is 25.9 Å².